The highest BCUT2D eigenvalue weighted by molar-refractivity contribution is 5.69. The van der Waals surface area contributed by atoms with Crippen LogP contribution in [0, 0.1) is 5.92 Å². The molecule has 0 aromatic rings. The third-order valence-electron chi connectivity index (χ3n) is 2.68. The maximum atomic E-state index is 11.4. The standard InChI is InChI=1S/C16H31NO4/c1-13(2)10-12-20-14(18)9-7-6-8-11-17-15(19)21-16(3,4)5/h13H,6-12H2,1-5H3,(H,17,19). The molecule has 1 N–H and O–H groups in total. The number of hydrogen-bond acceptors (Lipinski definition) is 4. The first-order valence-corrected chi connectivity index (χ1v) is 7.83. The zero-order chi connectivity index (χ0) is 16.3. The van der Waals surface area contributed by atoms with E-state index in [2.05, 4.69) is 19.2 Å². The number of rotatable bonds is 9. The lowest BCUT2D eigenvalue weighted by molar-refractivity contribution is -0.144. The summed E-state index contributed by atoms with van der Waals surface area (Å²) in [4.78, 5) is 22.8. The van der Waals surface area contributed by atoms with Crippen LogP contribution in [0.3, 0.4) is 0 Å². The molecule has 0 unspecified atom stereocenters. The van der Waals surface area contributed by atoms with E-state index in [0.717, 1.165) is 25.7 Å². The summed E-state index contributed by atoms with van der Waals surface area (Å²) in [7, 11) is 0. The number of carbonyl (C=O) groups is 2. The molecule has 0 atom stereocenters. The molecule has 1 amide bonds. The van der Waals surface area contributed by atoms with E-state index in [0.29, 0.717) is 25.5 Å². The van der Waals surface area contributed by atoms with Gasteiger partial charge in [0.2, 0.25) is 0 Å². The lowest BCUT2D eigenvalue weighted by atomic mass is 10.1. The van der Waals surface area contributed by atoms with Gasteiger partial charge in [0, 0.05) is 13.0 Å². The van der Waals surface area contributed by atoms with Crippen LogP contribution >= 0.6 is 0 Å². The Morgan fingerprint density at radius 1 is 1.10 bits per heavy atom. The number of alkyl carbamates (subject to hydrolysis) is 1. The van der Waals surface area contributed by atoms with E-state index in [1.54, 1.807) is 0 Å². The van der Waals surface area contributed by atoms with Crippen molar-refractivity contribution in [3.05, 3.63) is 0 Å². The molecular weight excluding hydrogens is 270 g/mol. The van der Waals surface area contributed by atoms with Gasteiger partial charge in [0.1, 0.15) is 5.60 Å². The van der Waals surface area contributed by atoms with Crippen LogP contribution in [0.15, 0.2) is 0 Å². The molecule has 0 aliphatic carbocycles. The number of hydrogen-bond donors (Lipinski definition) is 1. The van der Waals surface area contributed by atoms with Crippen molar-refractivity contribution in [3.8, 4) is 0 Å². The minimum absolute atomic E-state index is 0.129. The van der Waals surface area contributed by atoms with Crippen LogP contribution < -0.4 is 5.32 Å². The molecule has 0 fully saturated rings. The fraction of sp³-hybridized carbons (Fsp3) is 0.875. The number of amides is 1. The third-order valence-corrected chi connectivity index (χ3v) is 2.68. The Balaban J connectivity index is 3.43. The number of unbranched alkanes of at least 4 members (excludes halogenated alkanes) is 2. The van der Waals surface area contributed by atoms with Gasteiger partial charge < -0.3 is 14.8 Å². The predicted octanol–water partition coefficient (Wildman–Crippen LogP) is 3.66. The van der Waals surface area contributed by atoms with E-state index in [1.165, 1.54) is 0 Å². The van der Waals surface area contributed by atoms with Crippen LogP contribution in [0.5, 0.6) is 0 Å². The summed E-state index contributed by atoms with van der Waals surface area (Å²) in [6.45, 7) is 10.8. The summed E-state index contributed by atoms with van der Waals surface area (Å²) >= 11 is 0. The quantitative estimate of drug-likeness (QED) is 0.521. The van der Waals surface area contributed by atoms with Gasteiger partial charge in [-0.05, 0) is 46.0 Å². The van der Waals surface area contributed by atoms with Gasteiger partial charge in [0.25, 0.3) is 0 Å². The Labute approximate surface area is 128 Å². The minimum Gasteiger partial charge on any atom is -0.466 e. The van der Waals surface area contributed by atoms with Crippen molar-refractivity contribution in [1.82, 2.24) is 5.32 Å². The second-order valence-electron chi connectivity index (χ2n) is 6.64. The molecular formula is C16H31NO4. The summed E-state index contributed by atoms with van der Waals surface area (Å²) in [5.41, 5.74) is -0.468. The normalized spacial score (nSPS) is 11.3. The molecule has 0 saturated carbocycles. The van der Waals surface area contributed by atoms with Crippen molar-refractivity contribution in [2.45, 2.75) is 72.3 Å². The molecule has 5 nitrogen and oxygen atoms in total. The van der Waals surface area contributed by atoms with Crippen LogP contribution in [0.25, 0.3) is 0 Å². The Kier molecular flexibility index (Phi) is 9.84. The average Bonchev–Trinajstić information content (AvgIpc) is 2.30. The summed E-state index contributed by atoms with van der Waals surface area (Å²) in [5, 5.41) is 2.70. The molecule has 0 heterocycles. The van der Waals surface area contributed by atoms with Gasteiger partial charge in [-0.1, -0.05) is 20.3 Å². The SMILES string of the molecule is CC(C)CCOC(=O)CCCCCNC(=O)OC(C)(C)C. The van der Waals surface area contributed by atoms with Gasteiger partial charge in [-0.2, -0.15) is 0 Å². The van der Waals surface area contributed by atoms with E-state index in [9.17, 15) is 9.59 Å². The number of carbonyl (C=O) groups excluding carboxylic acids is 2. The number of nitrogens with one attached hydrogen (secondary N) is 1. The molecule has 0 bridgehead atoms. The number of esters is 1. The largest absolute Gasteiger partial charge is 0.466 e. The van der Waals surface area contributed by atoms with Crippen molar-refractivity contribution in [1.29, 1.82) is 0 Å². The lowest BCUT2D eigenvalue weighted by Crippen LogP contribution is -2.32. The monoisotopic (exact) mass is 301 g/mol. The minimum atomic E-state index is -0.468. The molecule has 0 aromatic heterocycles. The summed E-state index contributed by atoms with van der Waals surface area (Å²) in [5.74, 6) is 0.424. The summed E-state index contributed by atoms with van der Waals surface area (Å²) in [6.07, 6.45) is 3.47. The molecule has 0 radical (unpaired) electrons. The third kappa shape index (κ3) is 15.0. The van der Waals surface area contributed by atoms with E-state index < -0.39 is 11.7 Å². The maximum absolute atomic E-state index is 11.4. The highest BCUT2D eigenvalue weighted by Gasteiger charge is 2.15. The highest BCUT2D eigenvalue weighted by atomic mass is 16.6. The molecule has 0 aliphatic rings. The maximum Gasteiger partial charge on any atom is 0.407 e. The first kappa shape index (κ1) is 19.7. The predicted molar refractivity (Wildman–Crippen MR) is 83.1 cm³/mol. The van der Waals surface area contributed by atoms with Crippen LogP contribution in [0.2, 0.25) is 0 Å². The number of ether oxygens (including phenoxy) is 2. The van der Waals surface area contributed by atoms with E-state index in [-0.39, 0.29) is 5.97 Å². The Morgan fingerprint density at radius 3 is 2.33 bits per heavy atom. The first-order chi connectivity index (χ1) is 9.70. The molecule has 0 aromatic carbocycles. The molecule has 124 valence electrons. The van der Waals surface area contributed by atoms with E-state index in [1.807, 2.05) is 20.8 Å². The lowest BCUT2D eigenvalue weighted by Gasteiger charge is -2.19. The second kappa shape index (κ2) is 10.5. The molecule has 0 aliphatic heterocycles. The smallest absolute Gasteiger partial charge is 0.407 e. The molecule has 0 rings (SSSR count). The van der Waals surface area contributed by atoms with Gasteiger partial charge in [-0.15, -0.1) is 0 Å². The topological polar surface area (TPSA) is 64.6 Å². The summed E-state index contributed by atoms with van der Waals surface area (Å²) < 4.78 is 10.2. The Morgan fingerprint density at radius 2 is 1.76 bits per heavy atom. The average molecular weight is 301 g/mol. The van der Waals surface area contributed by atoms with Crippen molar-refractivity contribution < 1.29 is 19.1 Å². The van der Waals surface area contributed by atoms with E-state index >= 15 is 0 Å². The Bertz CT molecular complexity index is 308. The van der Waals surface area contributed by atoms with Crippen molar-refractivity contribution in [2.75, 3.05) is 13.2 Å². The molecule has 21 heavy (non-hydrogen) atoms. The highest BCUT2D eigenvalue weighted by Crippen LogP contribution is 2.07. The fourth-order valence-electron chi connectivity index (χ4n) is 1.56. The van der Waals surface area contributed by atoms with Crippen molar-refractivity contribution in [3.63, 3.8) is 0 Å². The molecule has 0 saturated heterocycles. The summed E-state index contributed by atoms with van der Waals surface area (Å²) in [6, 6.07) is 0. The van der Waals surface area contributed by atoms with Gasteiger partial charge in [0.05, 0.1) is 6.61 Å². The van der Waals surface area contributed by atoms with E-state index in [4.69, 9.17) is 9.47 Å². The first-order valence-electron chi connectivity index (χ1n) is 7.83. The van der Waals surface area contributed by atoms with Gasteiger partial charge in [-0.25, -0.2) is 4.79 Å². The molecule has 0 spiro atoms. The zero-order valence-corrected chi connectivity index (χ0v) is 14.2. The second-order valence-corrected chi connectivity index (χ2v) is 6.64. The van der Waals surface area contributed by atoms with Crippen LogP contribution in [0.4, 0.5) is 4.79 Å². The van der Waals surface area contributed by atoms with Crippen LogP contribution in [0.1, 0.15) is 66.7 Å². The van der Waals surface area contributed by atoms with Gasteiger partial charge >= 0.3 is 12.1 Å². The van der Waals surface area contributed by atoms with Gasteiger partial charge in [-0.3, -0.25) is 4.79 Å². The van der Waals surface area contributed by atoms with Gasteiger partial charge in [0.15, 0.2) is 0 Å². The van der Waals surface area contributed by atoms with Crippen LogP contribution in [-0.2, 0) is 14.3 Å². The van der Waals surface area contributed by atoms with Crippen molar-refractivity contribution >= 4 is 12.1 Å². The zero-order valence-electron chi connectivity index (χ0n) is 14.2. The Hall–Kier alpha value is -1.26. The van der Waals surface area contributed by atoms with Crippen molar-refractivity contribution in [2.24, 2.45) is 5.92 Å². The van der Waals surface area contributed by atoms with Crippen LogP contribution in [-0.4, -0.2) is 30.8 Å². The fourth-order valence-corrected chi connectivity index (χ4v) is 1.56. The molecule has 5 heteroatoms.